The van der Waals surface area contributed by atoms with Crippen LogP contribution >= 0.6 is 11.3 Å². The van der Waals surface area contributed by atoms with Crippen molar-refractivity contribution in [3.05, 3.63) is 96.3 Å². The monoisotopic (exact) mass is 500 g/mol. The molecule has 0 unspecified atom stereocenters. The molecule has 5 rings (SSSR count). The second kappa shape index (κ2) is 9.28. The van der Waals surface area contributed by atoms with Crippen LogP contribution < -0.4 is 19.8 Å². The third-order valence-electron chi connectivity index (χ3n) is 6.46. The smallest absolute Gasteiger partial charge is 0.338 e. The van der Waals surface area contributed by atoms with Crippen LogP contribution in [0.1, 0.15) is 36.7 Å². The highest BCUT2D eigenvalue weighted by Crippen LogP contribution is 2.31. The van der Waals surface area contributed by atoms with Crippen LogP contribution in [0.25, 0.3) is 17.0 Å². The number of rotatable bonds is 5. The molecule has 0 aliphatic carbocycles. The van der Waals surface area contributed by atoms with Crippen LogP contribution in [0.4, 0.5) is 5.69 Å². The van der Waals surface area contributed by atoms with Crippen molar-refractivity contribution in [3.8, 4) is 0 Å². The molecule has 1 N–H and O–H groups in total. The van der Waals surface area contributed by atoms with E-state index in [1.807, 2.05) is 80.5 Å². The Morgan fingerprint density at radius 1 is 1.17 bits per heavy atom. The molecule has 0 radical (unpaired) electrons. The van der Waals surface area contributed by atoms with E-state index in [4.69, 9.17) is 4.74 Å². The summed E-state index contributed by atoms with van der Waals surface area (Å²) in [6.45, 7) is 5.81. The van der Waals surface area contributed by atoms with E-state index in [1.165, 1.54) is 11.3 Å². The number of aromatic amines is 1. The van der Waals surface area contributed by atoms with Gasteiger partial charge in [0.25, 0.3) is 5.56 Å². The van der Waals surface area contributed by atoms with E-state index in [2.05, 4.69) is 9.98 Å². The number of carbonyl (C=O) groups excluding carboxylic acids is 1. The van der Waals surface area contributed by atoms with E-state index in [-0.39, 0.29) is 12.2 Å². The summed E-state index contributed by atoms with van der Waals surface area (Å²) in [7, 11) is 3.94. The van der Waals surface area contributed by atoms with Gasteiger partial charge in [-0.2, -0.15) is 0 Å². The average molecular weight is 501 g/mol. The van der Waals surface area contributed by atoms with Crippen molar-refractivity contribution < 1.29 is 9.53 Å². The molecular weight excluding hydrogens is 472 g/mol. The molecule has 2 aromatic heterocycles. The fourth-order valence-electron chi connectivity index (χ4n) is 4.68. The lowest BCUT2D eigenvalue weighted by atomic mass is 9.95. The van der Waals surface area contributed by atoms with Crippen molar-refractivity contribution in [2.45, 2.75) is 26.8 Å². The molecule has 0 spiro atoms. The summed E-state index contributed by atoms with van der Waals surface area (Å²) in [4.78, 5) is 37.6. The number of aromatic nitrogens is 2. The maximum atomic E-state index is 13.9. The molecule has 1 aliphatic heterocycles. The van der Waals surface area contributed by atoms with Gasteiger partial charge in [0.2, 0.25) is 0 Å². The first-order chi connectivity index (χ1) is 17.3. The predicted molar refractivity (Wildman–Crippen MR) is 144 cm³/mol. The fourth-order valence-corrected chi connectivity index (χ4v) is 5.71. The Hall–Kier alpha value is -3.91. The zero-order valence-corrected chi connectivity index (χ0v) is 21.8. The number of allylic oxidation sites excluding steroid dienone is 1. The third kappa shape index (κ3) is 3.97. The van der Waals surface area contributed by atoms with E-state index in [1.54, 1.807) is 18.4 Å². The number of anilines is 1. The molecule has 36 heavy (non-hydrogen) atoms. The number of fused-ring (bicyclic) bond motifs is 2. The minimum atomic E-state index is -0.622. The van der Waals surface area contributed by atoms with Gasteiger partial charge in [0.15, 0.2) is 4.80 Å². The van der Waals surface area contributed by atoms with Gasteiger partial charge < -0.3 is 14.6 Å². The molecule has 4 aromatic rings. The predicted octanol–water partition coefficient (Wildman–Crippen LogP) is 3.65. The zero-order chi connectivity index (χ0) is 25.6. The van der Waals surface area contributed by atoms with Gasteiger partial charge >= 0.3 is 5.97 Å². The van der Waals surface area contributed by atoms with Crippen molar-refractivity contribution in [2.75, 3.05) is 25.6 Å². The Labute approximate surface area is 212 Å². The van der Waals surface area contributed by atoms with Crippen LogP contribution in [-0.2, 0) is 9.53 Å². The molecule has 7 nitrogen and oxygen atoms in total. The Balaban J connectivity index is 1.74. The SMILES string of the molecule is CCOC(=O)C1=C(C)N=c2sc(=Cc3c(C)[nH]c4ccccc34)c(=O)n2[C@H]1c1ccc(N(C)C)cc1. The summed E-state index contributed by atoms with van der Waals surface area (Å²) in [5, 5.41) is 1.06. The van der Waals surface area contributed by atoms with Gasteiger partial charge in [-0.15, -0.1) is 0 Å². The number of hydrogen-bond acceptors (Lipinski definition) is 6. The lowest BCUT2D eigenvalue weighted by Crippen LogP contribution is -2.40. The molecule has 1 atom stereocenters. The van der Waals surface area contributed by atoms with Gasteiger partial charge in [-0.1, -0.05) is 41.7 Å². The molecule has 3 heterocycles. The maximum Gasteiger partial charge on any atom is 0.338 e. The molecule has 2 aromatic carbocycles. The number of para-hydroxylation sites is 1. The van der Waals surface area contributed by atoms with E-state index in [0.717, 1.165) is 33.4 Å². The maximum absolute atomic E-state index is 13.9. The first kappa shape index (κ1) is 23.8. The molecule has 184 valence electrons. The first-order valence-electron chi connectivity index (χ1n) is 11.8. The molecular formula is C28H28N4O3S. The average Bonchev–Trinajstić information content (AvgIpc) is 3.34. The van der Waals surface area contributed by atoms with Gasteiger partial charge in [-0.05, 0) is 50.6 Å². The summed E-state index contributed by atoms with van der Waals surface area (Å²) in [6, 6.07) is 15.3. The summed E-state index contributed by atoms with van der Waals surface area (Å²) in [5.74, 6) is -0.456. The summed E-state index contributed by atoms with van der Waals surface area (Å²) < 4.78 is 7.58. The molecule has 1 aliphatic rings. The number of carbonyl (C=O) groups is 1. The molecule has 0 saturated heterocycles. The highest BCUT2D eigenvalue weighted by Gasteiger charge is 2.33. The normalized spacial score (nSPS) is 15.7. The van der Waals surface area contributed by atoms with E-state index >= 15 is 0 Å². The summed E-state index contributed by atoms with van der Waals surface area (Å²) in [6.07, 6.45) is 1.92. The molecule has 0 bridgehead atoms. The Morgan fingerprint density at radius 3 is 2.58 bits per heavy atom. The minimum absolute atomic E-state index is 0.181. The lowest BCUT2D eigenvalue weighted by molar-refractivity contribution is -0.139. The van der Waals surface area contributed by atoms with Crippen LogP contribution in [0.15, 0.2) is 69.6 Å². The molecule has 0 amide bonds. The molecule has 0 saturated carbocycles. The van der Waals surface area contributed by atoms with Crippen molar-refractivity contribution in [1.82, 2.24) is 9.55 Å². The standard InChI is InChI=1S/C28H28N4O3S/c1-6-35-27(34)24-17(3)30-28-32(25(24)18-11-13-19(14-12-18)31(4)5)26(33)23(36-28)15-21-16(2)29-22-10-8-7-9-20(21)22/h7-15,25,29H,6H2,1-5H3/t25-/m0/s1. The minimum Gasteiger partial charge on any atom is -0.463 e. The van der Waals surface area contributed by atoms with Crippen molar-refractivity contribution >= 4 is 40.0 Å². The van der Waals surface area contributed by atoms with Crippen LogP contribution in [-0.4, -0.2) is 36.2 Å². The number of H-pyrrole nitrogens is 1. The van der Waals surface area contributed by atoms with Gasteiger partial charge in [-0.3, -0.25) is 9.36 Å². The number of ether oxygens (including phenoxy) is 1. The van der Waals surface area contributed by atoms with E-state index in [0.29, 0.717) is 20.6 Å². The van der Waals surface area contributed by atoms with Crippen LogP contribution in [0.3, 0.4) is 0 Å². The van der Waals surface area contributed by atoms with Gasteiger partial charge in [0.1, 0.15) is 0 Å². The second-order valence-corrected chi connectivity index (χ2v) is 10.0. The number of nitrogens with zero attached hydrogens (tertiary/aromatic N) is 3. The van der Waals surface area contributed by atoms with Crippen LogP contribution in [0.5, 0.6) is 0 Å². The second-order valence-electron chi connectivity index (χ2n) is 9.00. The van der Waals surface area contributed by atoms with Gasteiger partial charge in [0.05, 0.1) is 28.5 Å². The van der Waals surface area contributed by atoms with Crippen LogP contribution in [0.2, 0.25) is 0 Å². The Bertz CT molecular complexity index is 1690. The number of aryl methyl sites for hydroxylation is 1. The highest BCUT2D eigenvalue weighted by molar-refractivity contribution is 7.07. The fraction of sp³-hybridized carbons (Fsp3) is 0.250. The van der Waals surface area contributed by atoms with Gasteiger partial charge in [0, 0.05) is 41.9 Å². The molecule has 8 heteroatoms. The number of thiazole rings is 1. The molecule has 0 fully saturated rings. The first-order valence-corrected chi connectivity index (χ1v) is 12.7. The number of hydrogen-bond donors (Lipinski definition) is 1. The lowest BCUT2D eigenvalue weighted by Gasteiger charge is -2.25. The number of esters is 1. The van der Waals surface area contributed by atoms with Crippen LogP contribution in [0, 0.1) is 6.92 Å². The highest BCUT2D eigenvalue weighted by atomic mass is 32.1. The van der Waals surface area contributed by atoms with Crippen molar-refractivity contribution in [2.24, 2.45) is 4.99 Å². The van der Waals surface area contributed by atoms with E-state index in [9.17, 15) is 9.59 Å². The van der Waals surface area contributed by atoms with Crippen molar-refractivity contribution in [1.29, 1.82) is 0 Å². The largest absolute Gasteiger partial charge is 0.463 e. The summed E-state index contributed by atoms with van der Waals surface area (Å²) in [5.41, 5.74) is 5.61. The quantitative estimate of drug-likeness (QED) is 0.424. The Morgan fingerprint density at radius 2 is 1.89 bits per heavy atom. The third-order valence-corrected chi connectivity index (χ3v) is 7.44. The number of benzene rings is 2. The van der Waals surface area contributed by atoms with Crippen molar-refractivity contribution in [3.63, 3.8) is 0 Å². The van der Waals surface area contributed by atoms with Gasteiger partial charge in [-0.25, -0.2) is 9.79 Å². The Kier molecular flexibility index (Phi) is 6.14. The zero-order valence-electron chi connectivity index (χ0n) is 21.0. The summed E-state index contributed by atoms with van der Waals surface area (Å²) >= 11 is 1.33. The van der Waals surface area contributed by atoms with E-state index < -0.39 is 12.0 Å². The topological polar surface area (TPSA) is 79.7 Å². The number of nitrogens with one attached hydrogen (secondary N) is 1.